The van der Waals surface area contributed by atoms with Crippen LogP contribution in [0.2, 0.25) is 0 Å². The number of aromatic nitrogens is 2. The lowest BCUT2D eigenvalue weighted by Crippen LogP contribution is -2.17. The van der Waals surface area contributed by atoms with Gasteiger partial charge in [-0.3, -0.25) is 4.79 Å². The van der Waals surface area contributed by atoms with Crippen LogP contribution in [0, 0.1) is 13.8 Å². The van der Waals surface area contributed by atoms with Crippen LogP contribution in [0.1, 0.15) is 45.1 Å². The Balaban J connectivity index is 1.57. The van der Waals surface area contributed by atoms with E-state index in [0.29, 0.717) is 40.1 Å². The van der Waals surface area contributed by atoms with Crippen LogP contribution in [0.3, 0.4) is 0 Å². The summed E-state index contributed by atoms with van der Waals surface area (Å²) in [4.78, 5) is 30.5. The van der Waals surface area contributed by atoms with Crippen LogP contribution in [0.4, 0.5) is 0 Å². The third-order valence-corrected chi connectivity index (χ3v) is 5.68. The highest BCUT2D eigenvalue weighted by atomic mass is 16.5. The molecule has 1 atom stereocenters. The van der Waals surface area contributed by atoms with E-state index in [0.717, 1.165) is 11.4 Å². The first-order valence-corrected chi connectivity index (χ1v) is 10.7. The molecule has 0 unspecified atom stereocenters. The molecule has 0 aliphatic rings. The molecule has 7 heteroatoms. The molecule has 0 fully saturated rings. The van der Waals surface area contributed by atoms with Gasteiger partial charge in [0.1, 0.15) is 5.69 Å². The van der Waals surface area contributed by atoms with Crippen molar-refractivity contribution in [2.75, 3.05) is 20.3 Å². The number of furan rings is 1. The number of hydrogen-bond donors (Lipinski definition) is 0. The lowest BCUT2D eigenvalue weighted by atomic mass is 10.1. The summed E-state index contributed by atoms with van der Waals surface area (Å²) in [5, 5.41) is 0.650. The first kappa shape index (κ1) is 22.5. The number of ether oxygens (including phenoxy) is 2. The molecule has 1 aromatic carbocycles. The summed E-state index contributed by atoms with van der Waals surface area (Å²) in [6.45, 7) is 6.05. The average molecular weight is 447 g/mol. The minimum atomic E-state index is -0.587. The van der Waals surface area contributed by atoms with Gasteiger partial charge in [-0.1, -0.05) is 18.2 Å². The van der Waals surface area contributed by atoms with Gasteiger partial charge in [-0.15, -0.1) is 0 Å². The smallest absolute Gasteiger partial charge is 0.339 e. The van der Waals surface area contributed by atoms with Gasteiger partial charge in [-0.2, -0.15) is 0 Å². The zero-order valence-corrected chi connectivity index (χ0v) is 19.1. The fourth-order valence-corrected chi connectivity index (χ4v) is 4.23. The number of para-hydroxylation sites is 1. The molecule has 0 amide bonds. The number of carbonyl (C=O) groups excluding carboxylic acids is 2. The second-order valence-corrected chi connectivity index (χ2v) is 8.01. The van der Waals surface area contributed by atoms with Gasteiger partial charge in [0, 0.05) is 29.4 Å². The van der Waals surface area contributed by atoms with Crippen molar-refractivity contribution in [2.24, 2.45) is 0 Å². The summed E-state index contributed by atoms with van der Waals surface area (Å²) >= 11 is 0. The largest absolute Gasteiger partial charge is 0.463 e. The summed E-state index contributed by atoms with van der Waals surface area (Å²) in [6, 6.07) is 14.4. The molecule has 0 aliphatic heterocycles. The van der Waals surface area contributed by atoms with Gasteiger partial charge < -0.3 is 18.5 Å². The molecule has 0 aliphatic carbocycles. The monoisotopic (exact) mass is 446 g/mol. The predicted molar refractivity (Wildman–Crippen MR) is 125 cm³/mol. The second kappa shape index (κ2) is 9.42. The molecular formula is C26H26N2O5. The number of methoxy groups -OCH3 is 1. The molecule has 3 aromatic heterocycles. The van der Waals surface area contributed by atoms with Gasteiger partial charge >= 0.3 is 5.97 Å². The van der Waals surface area contributed by atoms with Gasteiger partial charge in [0.25, 0.3) is 0 Å². The molecule has 0 saturated heterocycles. The van der Waals surface area contributed by atoms with Crippen LogP contribution in [-0.2, 0) is 9.47 Å². The van der Waals surface area contributed by atoms with Crippen LogP contribution in [0.15, 0.2) is 59.2 Å². The second-order valence-electron chi connectivity index (χ2n) is 8.01. The van der Waals surface area contributed by atoms with Crippen molar-refractivity contribution in [3.05, 3.63) is 77.3 Å². The van der Waals surface area contributed by atoms with Crippen LogP contribution in [0.25, 0.3) is 22.4 Å². The number of aryl methyl sites for hydroxylation is 1. The molecular weight excluding hydrogens is 420 g/mol. The maximum Gasteiger partial charge on any atom is 0.339 e. The first-order valence-electron chi connectivity index (χ1n) is 10.7. The number of carbonyl (C=O) groups is 2. The minimum Gasteiger partial charge on any atom is -0.463 e. The Labute approximate surface area is 191 Å². The Morgan fingerprint density at radius 3 is 2.61 bits per heavy atom. The van der Waals surface area contributed by atoms with Crippen molar-refractivity contribution in [1.29, 1.82) is 0 Å². The van der Waals surface area contributed by atoms with Crippen molar-refractivity contribution >= 4 is 22.7 Å². The van der Waals surface area contributed by atoms with E-state index in [-0.39, 0.29) is 18.4 Å². The molecule has 4 aromatic rings. The van der Waals surface area contributed by atoms with E-state index >= 15 is 0 Å². The standard InChI is InChI=1S/C26H26N2O5/c1-16-12-20(18(3)28(16)17(2)14-31-4)24(29)15-33-26(30)21-13-23(25-10-7-11-32-25)27-22-9-6-5-8-19(21)22/h5-13,17H,14-15H2,1-4H3/t17-/m1/s1. The quantitative estimate of drug-likeness (QED) is 0.275. The van der Waals surface area contributed by atoms with Crippen LogP contribution in [-0.4, -0.2) is 41.6 Å². The topological polar surface area (TPSA) is 83.6 Å². The first-order chi connectivity index (χ1) is 15.9. The highest BCUT2D eigenvalue weighted by Gasteiger charge is 2.21. The van der Waals surface area contributed by atoms with E-state index in [1.54, 1.807) is 37.6 Å². The number of rotatable bonds is 8. The van der Waals surface area contributed by atoms with Crippen molar-refractivity contribution in [3.63, 3.8) is 0 Å². The Bertz CT molecular complexity index is 1300. The van der Waals surface area contributed by atoms with Gasteiger partial charge in [0.2, 0.25) is 5.78 Å². The number of fused-ring (bicyclic) bond motifs is 1. The Morgan fingerprint density at radius 1 is 1.09 bits per heavy atom. The number of nitrogens with zero attached hydrogens (tertiary/aromatic N) is 2. The lowest BCUT2D eigenvalue weighted by Gasteiger charge is -2.17. The van der Waals surface area contributed by atoms with E-state index in [1.807, 2.05) is 45.0 Å². The molecule has 170 valence electrons. The Hall–Kier alpha value is -3.71. The highest BCUT2D eigenvalue weighted by molar-refractivity contribution is 6.06. The van der Waals surface area contributed by atoms with Crippen molar-refractivity contribution in [2.45, 2.75) is 26.8 Å². The van der Waals surface area contributed by atoms with Gasteiger partial charge in [0.15, 0.2) is 12.4 Å². The van der Waals surface area contributed by atoms with Crippen molar-refractivity contribution in [3.8, 4) is 11.5 Å². The molecule has 0 N–H and O–H groups in total. The van der Waals surface area contributed by atoms with E-state index in [4.69, 9.17) is 13.9 Å². The zero-order chi connectivity index (χ0) is 23.5. The number of pyridine rings is 1. The van der Waals surface area contributed by atoms with E-state index in [1.165, 1.54) is 0 Å². The molecule has 33 heavy (non-hydrogen) atoms. The highest BCUT2D eigenvalue weighted by Crippen LogP contribution is 2.26. The summed E-state index contributed by atoms with van der Waals surface area (Å²) in [6.07, 6.45) is 1.55. The lowest BCUT2D eigenvalue weighted by molar-refractivity contribution is 0.0476. The number of hydrogen-bond acceptors (Lipinski definition) is 6. The average Bonchev–Trinajstić information content (AvgIpc) is 3.44. The summed E-state index contributed by atoms with van der Waals surface area (Å²) < 4.78 is 18.2. The Kier molecular flexibility index (Phi) is 6.42. The van der Waals surface area contributed by atoms with Crippen molar-refractivity contribution in [1.82, 2.24) is 9.55 Å². The predicted octanol–water partition coefficient (Wildman–Crippen LogP) is 5.16. The van der Waals surface area contributed by atoms with Gasteiger partial charge in [-0.05, 0) is 51.1 Å². The maximum absolute atomic E-state index is 13.0. The van der Waals surface area contributed by atoms with Crippen LogP contribution in [0.5, 0.6) is 0 Å². The number of ketones is 1. The van der Waals surface area contributed by atoms with E-state index in [9.17, 15) is 9.59 Å². The number of esters is 1. The maximum atomic E-state index is 13.0. The molecule has 0 spiro atoms. The Morgan fingerprint density at radius 2 is 1.88 bits per heavy atom. The summed E-state index contributed by atoms with van der Waals surface area (Å²) in [5.74, 6) is -0.295. The fourth-order valence-electron chi connectivity index (χ4n) is 4.23. The molecule has 0 bridgehead atoms. The number of benzene rings is 1. The SMILES string of the molecule is COC[C@@H](C)n1c(C)cc(C(=O)COC(=O)c2cc(-c3ccco3)nc3ccccc23)c1C. The molecule has 3 heterocycles. The van der Waals surface area contributed by atoms with Crippen LogP contribution < -0.4 is 0 Å². The normalized spacial score (nSPS) is 12.1. The molecule has 4 rings (SSSR count). The molecule has 0 radical (unpaired) electrons. The summed E-state index contributed by atoms with van der Waals surface area (Å²) in [5.41, 5.74) is 3.81. The summed E-state index contributed by atoms with van der Waals surface area (Å²) in [7, 11) is 1.65. The minimum absolute atomic E-state index is 0.0855. The van der Waals surface area contributed by atoms with E-state index in [2.05, 4.69) is 9.55 Å². The number of Topliss-reactive ketones (excluding diaryl/α,β-unsaturated/α-hetero) is 1. The van der Waals surface area contributed by atoms with Crippen LogP contribution >= 0.6 is 0 Å². The molecule has 0 saturated carbocycles. The van der Waals surface area contributed by atoms with Crippen molar-refractivity contribution < 1.29 is 23.5 Å². The third kappa shape index (κ3) is 4.45. The van der Waals surface area contributed by atoms with Gasteiger partial charge in [0.05, 0.1) is 30.0 Å². The van der Waals surface area contributed by atoms with Gasteiger partial charge in [-0.25, -0.2) is 9.78 Å². The zero-order valence-electron chi connectivity index (χ0n) is 19.1. The third-order valence-electron chi connectivity index (χ3n) is 5.68. The van der Waals surface area contributed by atoms with E-state index < -0.39 is 5.97 Å². The molecule has 7 nitrogen and oxygen atoms in total. The fraction of sp³-hybridized carbons (Fsp3) is 0.269.